The summed E-state index contributed by atoms with van der Waals surface area (Å²) in [4.78, 5) is 22.2. The van der Waals surface area contributed by atoms with Gasteiger partial charge in [0, 0.05) is 13.7 Å². The Hall–Kier alpha value is -3.98. The molecule has 0 fully saturated rings. The minimum Gasteiger partial charge on any atom is -0.497 e. The number of nitrogens with two attached hydrogens (primary N) is 1. The first-order valence-electron chi connectivity index (χ1n) is 9.64. The van der Waals surface area contributed by atoms with Gasteiger partial charge >= 0.3 is 0 Å². The Labute approximate surface area is 178 Å². The van der Waals surface area contributed by atoms with Crippen LogP contribution in [0.4, 0.5) is 5.82 Å². The van der Waals surface area contributed by atoms with Crippen molar-refractivity contribution in [2.45, 2.75) is 0 Å². The van der Waals surface area contributed by atoms with Crippen molar-refractivity contribution in [1.82, 2.24) is 20.0 Å². The SMILES string of the molecule is COCCNC(=O)c1c(N)n(/N=C\c2cccc(OC)c2)c2nc3ccccc3nc12. The van der Waals surface area contributed by atoms with E-state index in [0.29, 0.717) is 41.1 Å². The Morgan fingerprint density at radius 3 is 2.68 bits per heavy atom. The Morgan fingerprint density at radius 1 is 1.16 bits per heavy atom. The van der Waals surface area contributed by atoms with Gasteiger partial charge in [-0.25, -0.2) is 9.97 Å². The highest BCUT2D eigenvalue weighted by Crippen LogP contribution is 2.27. The molecule has 0 spiro atoms. The first kappa shape index (κ1) is 20.3. The Balaban J connectivity index is 1.85. The van der Waals surface area contributed by atoms with Gasteiger partial charge < -0.3 is 20.5 Å². The van der Waals surface area contributed by atoms with E-state index in [1.54, 1.807) is 20.4 Å². The Morgan fingerprint density at radius 2 is 1.94 bits per heavy atom. The maximum atomic E-state index is 12.9. The minimum atomic E-state index is -0.362. The molecular weight excluding hydrogens is 396 g/mol. The van der Waals surface area contributed by atoms with E-state index in [0.717, 1.165) is 5.56 Å². The molecule has 2 aromatic heterocycles. The molecule has 0 saturated carbocycles. The van der Waals surface area contributed by atoms with Crippen molar-refractivity contribution in [1.29, 1.82) is 0 Å². The lowest BCUT2D eigenvalue weighted by Gasteiger charge is -2.04. The molecule has 0 unspecified atom stereocenters. The van der Waals surface area contributed by atoms with Crippen LogP contribution in [0.3, 0.4) is 0 Å². The fourth-order valence-corrected chi connectivity index (χ4v) is 3.19. The third-order valence-electron chi connectivity index (χ3n) is 4.71. The lowest BCUT2D eigenvalue weighted by Crippen LogP contribution is -2.27. The van der Waals surface area contributed by atoms with Gasteiger partial charge in [-0.15, -0.1) is 0 Å². The topological polar surface area (TPSA) is 117 Å². The molecule has 0 aliphatic rings. The minimum absolute atomic E-state index is 0.152. The number of carbonyl (C=O) groups excluding carboxylic acids is 1. The van der Waals surface area contributed by atoms with Crippen molar-refractivity contribution in [3.8, 4) is 5.75 Å². The van der Waals surface area contributed by atoms with E-state index in [4.69, 9.17) is 15.2 Å². The van der Waals surface area contributed by atoms with Crippen molar-refractivity contribution in [2.24, 2.45) is 5.10 Å². The lowest BCUT2D eigenvalue weighted by atomic mass is 10.2. The van der Waals surface area contributed by atoms with Crippen molar-refractivity contribution >= 4 is 40.1 Å². The molecule has 0 atom stereocenters. The monoisotopic (exact) mass is 418 g/mol. The fourth-order valence-electron chi connectivity index (χ4n) is 3.19. The van der Waals surface area contributed by atoms with Gasteiger partial charge in [0.2, 0.25) is 0 Å². The molecule has 0 saturated heterocycles. The van der Waals surface area contributed by atoms with Crippen LogP contribution in [0.1, 0.15) is 15.9 Å². The van der Waals surface area contributed by atoms with Gasteiger partial charge in [0.1, 0.15) is 22.6 Å². The zero-order valence-corrected chi connectivity index (χ0v) is 17.2. The number of hydrogen-bond donors (Lipinski definition) is 2. The predicted octanol–water partition coefficient (Wildman–Crippen LogP) is 2.43. The van der Waals surface area contributed by atoms with E-state index >= 15 is 0 Å². The smallest absolute Gasteiger partial charge is 0.257 e. The van der Waals surface area contributed by atoms with Crippen molar-refractivity contribution < 1.29 is 14.3 Å². The maximum Gasteiger partial charge on any atom is 0.257 e. The third-order valence-corrected chi connectivity index (χ3v) is 4.71. The summed E-state index contributed by atoms with van der Waals surface area (Å²) in [7, 11) is 3.17. The molecule has 31 heavy (non-hydrogen) atoms. The van der Waals surface area contributed by atoms with Crippen LogP contribution < -0.4 is 15.8 Å². The van der Waals surface area contributed by atoms with E-state index in [9.17, 15) is 4.79 Å². The van der Waals surface area contributed by atoms with Gasteiger partial charge in [-0.05, 0) is 29.8 Å². The fraction of sp³-hybridized carbons (Fsp3) is 0.182. The average molecular weight is 418 g/mol. The summed E-state index contributed by atoms with van der Waals surface area (Å²) in [5.41, 5.74) is 9.51. The van der Waals surface area contributed by atoms with Crippen LogP contribution in [-0.2, 0) is 4.74 Å². The number of methoxy groups -OCH3 is 2. The molecule has 0 radical (unpaired) electrons. The number of rotatable bonds is 7. The molecule has 4 rings (SSSR count). The maximum absolute atomic E-state index is 12.9. The molecule has 2 aromatic carbocycles. The van der Waals surface area contributed by atoms with E-state index < -0.39 is 0 Å². The molecule has 9 heteroatoms. The second-order valence-electron chi connectivity index (χ2n) is 6.73. The number of nitrogens with zero attached hydrogens (tertiary/aromatic N) is 4. The first-order valence-corrected chi connectivity index (χ1v) is 9.64. The number of benzene rings is 2. The number of nitrogens with one attached hydrogen (secondary N) is 1. The first-order chi connectivity index (χ1) is 15.1. The number of nitrogen functional groups attached to an aromatic ring is 1. The number of ether oxygens (including phenoxy) is 2. The molecular formula is C22H22N6O3. The van der Waals surface area contributed by atoms with Crippen LogP contribution in [0.25, 0.3) is 22.2 Å². The lowest BCUT2D eigenvalue weighted by molar-refractivity contribution is 0.0939. The number of hydrogen-bond acceptors (Lipinski definition) is 7. The van der Waals surface area contributed by atoms with Crippen molar-refractivity contribution in [3.63, 3.8) is 0 Å². The second-order valence-corrected chi connectivity index (χ2v) is 6.73. The highest BCUT2D eigenvalue weighted by Gasteiger charge is 2.23. The van der Waals surface area contributed by atoms with Gasteiger partial charge in [0.05, 0.1) is 31.0 Å². The third kappa shape index (κ3) is 4.03. The number of aromatic nitrogens is 3. The number of para-hydroxylation sites is 2. The van der Waals surface area contributed by atoms with Crippen LogP contribution in [0.2, 0.25) is 0 Å². The van der Waals surface area contributed by atoms with Crippen LogP contribution in [-0.4, -0.2) is 54.1 Å². The molecule has 9 nitrogen and oxygen atoms in total. The molecule has 3 N–H and O–H groups in total. The van der Waals surface area contributed by atoms with Gasteiger partial charge in [-0.2, -0.15) is 9.78 Å². The van der Waals surface area contributed by atoms with Crippen molar-refractivity contribution in [3.05, 3.63) is 59.7 Å². The highest BCUT2D eigenvalue weighted by molar-refractivity contribution is 6.10. The van der Waals surface area contributed by atoms with Gasteiger partial charge in [-0.1, -0.05) is 24.3 Å². The predicted molar refractivity (Wildman–Crippen MR) is 120 cm³/mol. The number of fused-ring (bicyclic) bond motifs is 2. The summed E-state index contributed by atoms with van der Waals surface area (Å²) in [6, 6.07) is 14.8. The molecule has 4 aromatic rings. The van der Waals surface area contributed by atoms with Gasteiger partial charge in [-0.3, -0.25) is 4.79 Å². The summed E-state index contributed by atoms with van der Waals surface area (Å²) in [5.74, 6) is 0.497. The number of anilines is 1. The quantitative estimate of drug-likeness (QED) is 0.352. The molecule has 0 aliphatic carbocycles. The summed E-state index contributed by atoms with van der Waals surface area (Å²) >= 11 is 0. The zero-order valence-electron chi connectivity index (χ0n) is 17.2. The summed E-state index contributed by atoms with van der Waals surface area (Å²) in [6.45, 7) is 0.725. The van der Waals surface area contributed by atoms with Crippen molar-refractivity contribution in [2.75, 3.05) is 33.1 Å². The zero-order chi connectivity index (χ0) is 21.8. The van der Waals surface area contributed by atoms with E-state index in [1.807, 2.05) is 48.5 Å². The summed E-state index contributed by atoms with van der Waals surface area (Å²) in [5, 5.41) is 7.28. The van der Waals surface area contributed by atoms with Crippen LogP contribution in [0.15, 0.2) is 53.6 Å². The largest absolute Gasteiger partial charge is 0.497 e. The summed E-state index contributed by atoms with van der Waals surface area (Å²) < 4.78 is 11.7. The van der Waals surface area contributed by atoms with Crippen LogP contribution in [0.5, 0.6) is 5.75 Å². The van der Waals surface area contributed by atoms with Gasteiger partial charge in [0.15, 0.2) is 5.65 Å². The molecule has 2 heterocycles. The van der Waals surface area contributed by atoms with E-state index in [-0.39, 0.29) is 17.3 Å². The summed E-state index contributed by atoms with van der Waals surface area (Å²) in [6.07, 6.45) is 1.63. The van der Waals surface area contributed by atoms with Gasteiger partial charge in [0.25, 0.3) is 5.91 Å². The number of carbonyl (C=O) groups is 1. The van der Waals surface area contributed by atoms with E-state index in [1.165, 1.54) is 4.68 Å². The molecule has 0 aliphatic heterocycles. The van der Waals surface area contributed by atoms with E-state index in [2.05, 4.69) is 20.4 Å². The average Bonchev–Trinajstić information content (AvgIpc) is 3.06. The van der Waals surface area contributed by atoms with Crippen LogP contribution in [0, 0.1) is 0 Å². The Bertz CT molecular complexity index is 1280. The molecule has 0 bridgehead atoms. The standard InChI is InChI=1S/C22H22N6O3/c1-30-11-10-24-22(29)18-19-21(27-17-9-4-3-8-16(17)26-19)28(20(18)23)25-13-14-6-5-7-15(12-14)31-2/h3-9,12-13H,10-11,23H2,1-2H3,(H,24,29)/b25-13-. The second kappa shape index (κ2) is 8.80. The molecule has 1 amide bonds. The molecule has 158 valence electrons. The highest BCUT2D eigenvalue weighted by atomic mass is 16.5. The normalized spacial score (nSPS) is 11.4. The number of amides is 1. The van der Waals surface area contributed by atoms with Crippen LogP contribution >= 0.6 is 0 Å². The Kier molecular flexibility index (Phi) is 5.76.